The molecule has 0 heterocycles. The molecule has 0 bridgehead atoms. The van der Waals surface area contributed by atoms with Crippen molar-refractivity contribution in [2.45, 2.75) is 6.92 Å². The van der Waals surface area contributed by atoms with Gasteiger partial charge in [-0.1, -0.05) is 12.1 Å². The summed E-state index contributed by atoms with van der Waals surface area (Å²) in [5, 5.41) is 2.35. The van der Waals surface area contributed by atoms with E-state index < -0.39 is 17.7 Å². The van der Waals surface area contributed by atoms with Gasteiger partial charge in [-0.05, 0) is 12.1 Å². The average Bonchev–Trinajstić information content (AvgIpc) is 2.57. The third-order valence-electron chi connectivity index (χ3n) is 3.05. The molecule has 3 N–H and O–H groups in total. The monoisotopic (exact) mass is 348 g/mol. The van der Waals surface area contributed by atoms with Crippen LogP contribution in [0.25, 0.3) is 0 Å². The lowest BCUT2D eigenvalue weighted by atomic mass is 10.2. The first-order valence-electron chi connectivity index (χ1n) is 7.23. The van der Waals surface area contributed by atoms with Gasteiger partial charge in [0.05, 0.1) is 18.5 Å². The Labute approximate surface area is 143 Å². The zero-order valence-corrected chi connectivity index (χ0v) is 13.7. The van der Waals surface area contributed by atoms with Crippen LogP contribution in [0.3, 0.4) is 0 Å². The molecule has 7 nitrogen and oxygen atoms in total. The Morgan fingerprint density at radius 2 is 1.84 bits per heavy atom. The average molecular weight is 348 g/mol. The number of nitrogens with one attached hydrogen (secondary N) is 1. The quantitative estimate of drug-likeness (QED) is 0.615. The van der Waals surface area contributed by atoms with Crippen LogP contribution in [0.5, 0.6) is 17.2 Å². The number of benzene rings is 2. The number of hydrogen-bond donors (Lipinski definition) is 2. The van der Waals surface area contributed by atoms with E-state index in [4.69, 9.17) is 15.2 Å². The molecule has 0 fully saturated rings. The van der Waals surface area contributed by atoms with Crippen molar-refractivity contribution in [2.75, 3.05) is 24.8 Å². The minimum Gasteiger partial charge on any atom is -0.478 e. The number of rotatable bonds is 6. The summed E-state index contributed by atoms with van der Waals surface area (Å²) in [5.74, 6) is -1.01. The fourth-order valence-electron chi connectivity index (χ4n) is 1.91. The molecule has 25 heavy (non-hydrogen) atoms. The van der Waals surface area contributed by atoms with Crippen molar-refractivity contribution in [1.82, 2.24) is 0 Å². The third kappa shape index (κ3) is 4.84. The second-order valence-electron chi connectivity index (χ2n) is 4.96. The van der Waals surface area contributed by atoms with Crippen molar-refractivity contribution >= 4 is 23.3 Å². The highest BCUT2D eigenvalue weighted by Crippen LogP contribution is 2.36. The molecule has 2 aromatic rings. The molecule has 2 rings (SSSR count). The van der Waals surface area contributed by atoms with Gasteiger partial charge >= 0.3 is 5.97 Å². The maximum absolute atomic E-state index is 13.8. The van der Waals surface area contributed by atoms with Crippen molar-refractivity contribution < 1.29 is 28.2 Å². The zero-order valence-electron chi connectivity index (χ0n) is 13.7. The number of hydrogen-bond acceptors (Lipinski definition) is 6. The predicted octanol–water partition coefficient (Wildman–Crippen LogP) is 2.71. The Morgan fingerprint density at radius 3 is 2.48 bits per heavy atom. The Kier molecular flexibility index (Phi) is 5.78. The highest BCUT2D eigenvalue weighted by atomic mass is 19.1. The zero-order chi connectivity index (χ0) is 18.4. The summed E-state index contributed by atoms with van der Waals surface area (Å²) in [7, 11) is 1.25. The van der Waals surface area contributed by atoms with Crippen LogP contribution in [0.2, 0.25) is 0 Å². The first kappa shape index (κ1) is 18.1. The lowest BCUT2D eigenvalue weighted by Crippen LogP contribution is -2.13. The smallest absolute Gasteiger partial charge is 0.343 e. The molecule has 8 heteroatoms. The van der Waals surface area contributed by atoms with Crippen LogP contribution in [0, 0.1) is 5.82 Å². The molecule has 1 amide bonds. The van der Waals surface area contributed by atoms with Gasteiger partial charge in [0.1, 0.15) is 5.82 Å². The Morgan fingerprint density at radius 1 is 1.16 bits per heavy atom. The molecule has 2 aromatic carbocycles. The van der Waals surface area contributed by atoms with Crippen LogP contribution in [0.4, 0.5) is 15.8 Å². The number of nitrogens with two attached hydrogens (primary N) is 1. The van der Waals surface area contributed by atoms with Gasteiger partial charge in [-0.3, -0.25) is 4.79 Å². The Balaban J connectivity index is 2.27. The summed E-state index contributed by atoms with van der Waals surface area (Å²) in [6.45, 7) is 0.958. The van der Waals surface area contributed by atoms with E-state index in [1.165, 1.54) is 20.1 Å². The summed E-state index contributed by atoms with van der Waals surface area (Å²) in [6.07, 6.45) is 0. The Hall–Kier alpha value is -3.29. The van der Waals surface area contributed by atoms with Gasteiger partial charge in [-0.25, -0.2) is 9.18 Å². The van der Waals surface area contributed by atoms with Gasteiger partial charge in [0.25, 0.3) is 0 Å². The number of para-hydroxylation sites is 2. The van der Waals surface area contributed by atoms with Crippen molar-refractivity contribution in [3.05, 3.63) is 42.2 Å². The van der Waals surface area contributed by atoms with E-state index in [0.29, 0.717) is 0 Å². The fourth-order valence-corrected chi connectivity index (χ4v) is 1.91. The van der Waals surface area contributed by atoms with Crippen molar-refractivity contribution in [3.8, 4) is 17.2 Å². The van der Waals surface area contributed by atoms with E-state index in [-0.39, 0.29) is 35.2 Å². The number of carbonyl (C=O) groups is 2. The molecule has 0 aliphatic heterocycles. The third-order valence-corrected chi connectivity index (χ3v) is 3.05. The van der Waals surface area contributed by atoms with E-state index in [9.17, 15) is 14.0 Å². The van der Waals surface area contributed by atoms with E-state index in [1.807, 2.05) is 0 Å². The number of carbonyl (C=O) groups excluding carboxylic acids is 2. The number of anilines is 2. The lowest BCUT2D eigenvalue weighted by Gasteiger charge is -2.14. The van der Waals surface area contributed by atoms with Crippen LogP contribution in [0.1, 0.15) is 6.92 Å². The molecule has 0 saturated carbocycles. The lowest BCUT2D eigenvalue weighted by molar-refractivity contribution is -0.142. The van der Waals surface area contributed by atoms with Gasteiger partial charge in [0.2, 0.25) is 5.91 Å². The van der Waals surface area contributed by atoms with E-state index in [2.05, 4.69) is 10.1 Å². The minimum absolute atomic E-state index is 0.0365. The van der Waals surface area contributed by atoms with Gasteiger partial charge in [-0.2, -0.15) is 0 Å². The molecule has 132 valence electrons. The fraction of sp³-hybridized carbons (Fsp3) is 0.176. The largest absolute Gasteiger partial charge is 0.478 e. The number of methoxy groups -OCH3 is 1. The number of amides is 1. The van der Waals surface area contributed by atoms with E-state index >= 15 is 0 Å². The summed E-state index contributed by atoms with van der Waals surface area (Å²) in [4.78, 5) is 22.3. The minimum atomic E-state index is -0.685. The number of ether oxygens (including phenoxy) is 3. The second kappa shape index (κ2) is 8.00. The van der Waals surface area contributed by atoms with E-state index in [0.717, 1.165) is 6.07 Å². The van der Waals surface area contributed by atoms with Crippen LogP contribution in [-0.4, -0.2) is 25.6 Å². The van der Waals surface area contributed by atoms with Crippen LogP contribution >= 0.6 is 0 Å². The summed E-state index contributed by atoms with van der Waals surface area (Å²) in [6, 6.07) is 8.87. The van der Waals surface area contributed by atoms with Gasteiger partial charge in [-0.15, -0.1) is 0 Å². The normalized spacial score (nSPS) is 10.0. The number of esters is 1. The maximum atomic E-state index is 13.8. The molecule has 0 aliphatic carbocycles. The van der Waals surface area contributed by atoms with Crippen molar-refractivity contribution in [2.24, 2.45) is 0 Å². The van der Waals surface area contributed by atoms with Crippen molar-refractivity contribution in [1.29, 1.82) is 0 Å². The standard InChI is InChI=1S/C17H17FN2O5/c1-10(21)20-13-8-16(12(19)7-11(13)18)25-15-6-4-3-5-14(15)24-9-17(22)23-2/h3-8H,9,19H2,1-2H3,(H,20,21). The van der Waals surface area contributed by atoms with Gasteiger partial charge in [0, 0.05) is 19.1 Å². The SMILES string of the molecule is COC(=O)COc1ccccc1Oc1cc(NC(C)=O)c(F)cc1N. The first-order valence-corrected chi connectivity index (χ1v) is 7.23. The first-order chi connectivity index (χ1) is 11.9. The van der Waals surface area contributed by atoms with Crippen molar-refractivity contribution in [3.63, 3.8) is 0 Å². The molecule has 0 saturated heterocycles. The maximum Gasteiger partial charge on any atom is 0.343 e. The highest BCUT2D eigenvalue weighted by Gasteiger charge is 2.14. The molecule has 0 aliphatic rings. The molecular formula is C17H17FN2O5. The second-order valence-corrected chi connectivity index (χ2v) is 4.96. The number of nitrogen functional groups attached to an aromatic ring is 1. The topological polar surface area (TPSA) is 99.9 Å². The summed E-state index contributed by atoms with van der Waals surface area (Å²) in [5.41, 5.74) is 5.74. The molecule has 0 aromatic heterocycles. The summed E-state index contributed by atoms with van der Waals surface area (Å²) < 4.78 is 29.3. The van der Waals surface area contributed by atoms with Crippen LogP contribution in [-0.2, 0) is 14.3 Å². The number of halogens is 1. The van der Waals surface area contributed by atoms with Gasteiger partial charge in [0.15, 0.2) is 23.9 Å². The highest BCUT2D eigenvalue weighted by molar-refractivity contribution is 5.89. The van der Waals surface area contributed by atoms with Crippen LogP contribution < -0.4 is 20.5 Å². The molecule has 0 radical (unpaired) electrons. The molecular weight excluding hydrogens is 331 g/mol. The predicted molar refractivity (Wildman–Crippen MR) is 89.1 cm³/mol. The summed E-state index contributed by atoms with van der Waals surface area (Å²) >= 11 is 0. The van der Waals surface area contributed by atoms with Gasteiger partial charge < -0.3 is 25.3 Å². The molecule has 0 unspecified atom stereocenters. The van der Waals surface area contributed by atoms with E-state index in [1.54, 1.807) is 24.3 Å². The van der Waals surface area contributed by atoms with Crippen LogP contribution in [0.15, 0.2) is 36.4 Å². The molecule has 0 spiro atoms. The Bertz CT molecular complexity index is 795. The molecule has 0 atom stereocenters.